The zero-order valence-electron chi connectivity index (χ0n) is 12.5. The van der Waals surface area contributed by atoms with Crippen LogP contribution in [0.5, 0.6) is 5.75 Å². The standard InChI is InChI=1S/C17H19Br2NO/c1-4-21-17-14(18)8-13(9-15(17)19)10-20-16-6-5-11(2)7-12(16)3/h5-9,20H,4,10H2,1-3H3. The van der Waals surface area contributed by atoms with E-state index in [0.29, 0.717) is 6.61 Å². The summed E-state index contributed by atoms with van der Waals surface area (Å²) >= 11 is 7.13. The lowest BCUT2D eigenvalue weighted by molar-refractivity contribution is 0.336. The maximum Gasteiger partial charge on any atom is 0.147 e. The van der Waals surface area contributed by atoms with E-state index in [9.17, 15) is 0 Å². The predicted octanol–water partition coefficient (Wildman–Crippen LogP) is 5.84. The minimum absolute atomic E-state index is 0.650. The van der Waals surface area contributed by atoms with Crippen molar-refractivity contribution in [3.05, 3.63) is 56.0 Å². The molecule has 0 fully saturated rings. The molecule has 0 spiro atoms. The van der Waals surface area contributed by atoms with Gasteiger partial charge in [0.1, 0.15) is 5.75 Å². The van der Waals surface area contributed by atoms with Gasteiger partial charge < -0.3 is 10.1 Å². The highest BCUT2D eigenvalue weighted by molar-refractivity contribution is 9.11. The van der Waals surface area contributed by atoms with E-state index in [0.717, 1.165) is 21.2 Å². The second-order valence-corrected chi connectivity index (χ2v) is 6.70. The molecule has 2 nitrogen and oxygen atoms in total. The summed E-state index contributed by atoms with van der Waals surface area (Å²) in [7, 11) is 0. The molecule has 0 aliphatic carbocycles. The number of nitrogens with one attached hydrogen (secondary N) is 1. The number of benzene rings is 2. The lowest BCUT2D eigenvalue weighted by Crippen LogP contribution is -2.02. The highest BCUT2D eigenvalue weighted by Gasteiger charge is 2.08. The van der Waals surface area contributed by atoms with Crippen molar-refractivity contribution in [2.45, 2.75) is 27.3 Å². The van der Waals surface area contributed by atoms with E-state index in [4.69, 9.17) is 4.74 Å². The lowest BCUT2D eigenvalue weighted by atomic mass is 10.1. The minimum atomic E-state index is 0.650. The Morgan fingerprint density at radius 3 is 2.29 bits per heavy atom. The molecule has 0 atom stereocenters. The number of aryl methyl sites for hydroxylation is 2. The Balaban J connectivity index is 2.13. The molecule has 112 valence electrons. The molecule has 0 bridgehead atoms. The number of rotatable bonds is 5. The summed E-state index contributed by atoms with van der Waals surface area (Å²) in [6.45, 7) is 7.64. The molecule has 0 amide bonds. The van der Waals surface area contributed by atoms with Crippen LogP contribution in [-0.4, -0.2) is 6.61 Å². The van der Waals surface area contributed by atoms with Crippen LogP contribution in [0.25, 0.3) is 0 Å². The van der Waals surface area contributed by atoms with E-state index in [1.54, 1.807) is 0 Å². The van der Waals surface area contributed by atoms with Crippen LogP contribution in [0.4, 0.5) is 5.69 Å². The van der Waals surface area contributed by atoms with Crippen molar-refractivity contribution >= 4 is 37.5 Å². The molecule has 0 radical (unpaired) electrons. The van der Waals surface area contributed by atoms with E-state index in [1.165, 1.54) is 22.4 Å². The van der Waals surface area contributed by atoms with Gasteiger partial charge in [-0.1, -0.05) is 17.7 Å². The minimum Gasteiger partial charge on any atom is -0.492 e. The van der Waals surface area contributed by atoms with Crippen LogP contribution in [0.3, 0.4) is 0 Å². The molecule has 0 saturated heterocycles. The molecule has 2 aromatic carbocycles. The molecular weight excluding hydrogens is 394 g/mol. The first-order chi connectivity index (χ1) is 10.0. The number of halogens is 2. The molecule has 21 heavy (non-hydrogen) atoms. The first kappa shape index (κ1) is 16.4. The smallest absolute Gasteiger partial charge is 0.147 e. The summed E-state index contributed by atoms with van der Waals surface area (Å²) in [5.41, 5.74) is 4.91. The molecule has 2 rings (SSSR count). The van der Waals surface area contributed by atoms with Crippen LogP contribution >= 0.6 is 31.9 Å². The van der Waals surface area contributed by atoms with Gasteiger partial charge in [-0.25, -0.2) is 0 Å². The van der Waals surface area contributed by atoms with Crippen molar-refractivity contribution in [3.8, 4) is 5.75 Å². The zero-order chi connectivity index (χ0) is 15.4. The fourth-order valence-electron chi connectivity index (χ4n) is 2.21. The third-order valence-corrected chi connectivity index (χ3v) is 4.39. The fraction of sp³-hybridized carbons (Fsp3) is 0.294. The second-order valence-electron chi connectivity index (χ2n) is 4.99. The Kier molecular flexibility index (Phi) is 5.71. The van der Waals surface area contributed by atoms with E-state index in [2.05, 4.69) is 81.4 Å². The largest absolute Gasteiger partial charge is 0.492 e. The van der Waals surface area contributed by atoms with Gasteiger partial charge >= 0.3 is 0 Å². The number of ether oxygens (including phenoxy) is 1. The summed E-state index contributed by atoms with van der Waals surface area (Å²) in [4.78, 5) is 0. The van der Waals surface area contributed by atoms with Crippen molar-refractivity contribution in [2.24, 2.45) is 0 Å². The number of anilines is 1. The van der Waals surface area contributed by atoms with E-state index < -0.39 is 0 Å². The van der Waals surface area contributed by atoms with Crippen LogP contribution < -0.4 is 10.1 Å². The van der Waals surface area contributed by atoms with Crippen molar-refractivity contribution in [3.63, 3.8) is 0 Å². The first-order valence-electron chi connectivity index (χ1n) is 6.93. The normalized spacial score (nSPS) is 10.5. The maximum atomic E-state index is 5.60. The molecule has 0 aromatic heterocycles. The van der Waals surface area contributed by atoms with Gasteiger partial charge in [0.05, 0.1) is 15.6 Å². The van der Waals surface area contributed by atoms with E-state index >= 15 is 0 Å². The van der Waals surface area contributed by atoms with Crippen LogP contribution in [0, 0.1) is 13.8 Å². The van der Waals surface area contributed by atoms with Crippen LogP contribution in [0.2, 0.25) is 0 Å². The molecule has 2 aromatic rings. The van der Waals surface area contributed by atoms with E-state index in [1.807, 2.05) is 6.92 Å². The summed E-state index contributed by atoms with van der Waals surface area (Å²) < 4.78 is 7.54. The second kappa shape index (κ2) is 7.32. The van der Waals surface area contributed by atoms with Crippen LogP contribution in [0.1, 0.15) is 23.6 Å². The quantitative estimate of drug-likeness (QED) is 0.665. The zero-order valence-corrected chi connectivity index (χ0v) is 15.6. The number of hydrogen-bond acceptors (Lipinski definition) is 2. The van der Waals surface area contributed by atoms with Gasteiger partial charge in [-0.3, -0.25) is 0 Å². The first-order valence-corrected chi connectivity index (χ1v) is 8.51. The molecule has 0 saturated carbocycles. The molecular formula is C17H19Br2NO. The Hall–Kier alpha value is -1.00. The van der Waals surface area contributed by atoms with Gasteiger partial charge in [0.15, 0.2) is 0 Å². The molecule has 1 N–H and O–H groups in total. The highest BCUT2D eigenvalue weighted by atomic mass is 79.9. The Labute approximate surface area is 143 Å². The molecule has 0 heterocycles. The van der Waals surface area contributed by atoms with Crippen LogP contribution in [-0.2, 0) is 6.54 Å². The van der Waals surface area contributed by atoms with Crippen molar-refractivity contribution in [2.75, 3.05) is 11.9 Å². The van der Waals surface area contributed by atoms with Crippen LogP contribution in [0.15, 0.2) is 39.3 Å². The number of hydrogen-bond donors (Lipinski definition) is 1. The summed E-state index contributed by atoms with van der Waals surface area (Å²) in [6.07, 6.45) is 0. The van der Waals surface area contributed by atoms with Crippen molar-refractivity contribution in [1.29, 1.82) is 0 Å². The molecule has 0 aliphatic heterocycles. The van der Waals surface area contributed by atoms with Gasteiger partial charge in [0, 0.05) is 12.2 Å². The SMILES string of the molecule is CCOc1c(Br)cc(CNc2ccc(C)cc2C)cc1Br. The van der Waals surface area contributed by atoms with Gasteiger partial charge in [-0.15, -0.1) is 0 Å². The average molecular weight is 413 g/mol. The molecule has 0 aliphatic rings. The summed E-state index contributed by atoms with van der Waals surface area (Å²) in [5, 5.41) is 3.48. The molecule has 0 unspecified atom stereocenters. The fourth-order valence-corrected chi connectivity index (χ4v) is 3.72. The topological polar surface area (TPSA) is 21.3 Å². The highest BCUT2D eigenvalue weighted by Crippen LogP contribution is 2.35. The Morgan fingerprint density at radius 2 is 1.71 bits per heavy atom. The predicted molar refractivity (Wildman–Crippen MR) is 96.3 cm³/mol. The van der Waals surface area contributed by atoms with Gasteiger partial charge in [-0.2, -0.15) is 0 Å². The van der Waals surface area contributed by atoms with Crippen molar-refractivity contribution < 1.29 is 4.74 Å². The van der Waals surface area contributed by atoms with Gasteiger partial charge in [0.25, 0.3) is 0 Å². The molecule has 4 heteroatoms. The van der Waals surface area contributed by atoms with E-state index in [-0.39, 0.29) is 0 Å². The van der Waals surface area contributed by atoms with Gasteiger partial charge in [-0.05, 0) is 82.0 Å². The summed E-state index contributed by atoms with van der Waals surface area (Å²) in [6, 6.07) is 10.6. The Morgan fingerprint density at radius 1 is 1.05 bits per heavy atom. The maximum absolute atomic E-state index is 5.60. The lowest BCUT2D eigenvalue weighted by Gasteiger charge is -2.13. The average Bonchev–Trinajstić information content (AvgIpc) is 2.42. The third kappa shape index (κ3) is 4.24. The monoisotopic (exact) mass is 411 g/mol. The third-order valence-electron chi connectivity index (χ3n) is 3.21. The Bertz CT molecular complexity index is 618. The summed E-state index contributed by atoms with van der Waals surface area (Å²) in [5.74, 6) is 0.854. The van der Waals surface area contributed by atoms with Crippen molar-refractivity contribution in [1.82, 2.24) is 0 Å². The van der Waals surface area contributed by atoms with Gasteiger partial charge in [0.2, 0.25) is 0 Å².